The summed E-state index contributed by atoms with van der Waals surface area (Å²) in [5, 5.41) is 21.2. The molecule has 3 nitrogen and oxygen atoms in total. The van der Waals surface area contributed by atoms with Gasteiger partial charge in [-0.05, 0) is 6.07 Å². The van der Waals surface area contributed by atoms with Crippen LogP contribution in [0.2, 0.25) is 5.02 Å². The van der Waals surface area contributed by atoms with E-state index in [0.29, 0.717) is 24.5 Å². The van der Waals surface area contributed by atoms with Gasteiger partial charge < -0.3 is 10.4 Å². The second-order valence-electron chi connectivity index (χ2n) is 2.83. The van der Waals surface area contributed by atoms with Crippen molar-refractivity contribution < 1.29 is 5.11 Å². The molecule has 1 aromatic rings. The van der Waals surface area contributed by atoms with Gasteiger partial charge in [0.2, 0.25) is 0 Å². The molecule has 0 spiro atoms. The molecule has 1 aromatic carbocycles. The van der Waals surface area contributed by atoms with Crippen LogP contribution in [0.5, 0.6) is 5.75 Å². The van der Waals surface area contributed by atoms with E-state index in [4.69, 9.17) is 16.9 Å². The first-order chi connectivity index (χ1) is 6.75. The average Bonchev–Trinajstić information content (AvgIpc) is 2.19. The second kappa shape index (κ2) is 5.48. The second-order valence-corrected chi connectivity index (χ2v) is 3.24. The van der Waals surface area contributed by atoms with Crippen molar-refractivity contribution in [3.8, 4) is 11.8 Å². The molecule has 1 rings (SSSR count). The van der Waals surface area contributed by atoms with E-state index in [9.17, 15) is 5.11 Å². The van der Waals surface area contributed by atoms with Gasteiger partial charge in [-0.1, -0.05) is 23.7 Å². The molecule has 0 saturated heterocycles. The average molecular weight is 211 g/mol. The maximum Gasteiger partial charge on any atom is 0.138 e. The third-order valence-electron chi connectivity index (χ3n) is 1.80. The lowest BCUT2D eigenvalue weighted by atomic mass is 10.2. The fourth-order valence-corrected chi connectivity index (χ4v) is 1.26. The normalized spacial score (nSPS) is 9.71. The molecule has 0 unspecified atom stereocenters. The first kappa shape index (κ1) is 10.8. The first-order valence-electron chi connectivity index (χ1n) is 4.29. The van der Waals surface area contributed by atoms with Crippen molar-refractivity contribution in [3.05, 3.63) is 28.8 Å². The van der Waals surface area contributed by atoms with Crippen molar-refractivity contribution in [1.29, 1.82) is 5.26 Å². The Morgan fingerprint density at radius 2 is 2.29 bits per heavy atom. The van der Waals surface area contributed by atoms with Crippen LogP contribution in [0.3, 0.4) is 0 Å². The summed E-state index contributed by atoms with van der Waals surface area (Å²) in [6.45, 7) is 1.14. The lowest BCUT2D eigenvalue weighted by molar-refractivity contribution is 0.465. The highest BCUT2D eigenvalue weighted by atomic mass is 35.5. The minimum absolute atomic E-state index is 0.110. The number of para-hydroxylation sites is 1. The van der Waals surface area contributed by atoms with E-state index in [1.54, 1.807) is 18.2 Å². The van der Waals surface area contributed by atoms with Gasteiger partial charge in [0.15, 0.2) is 0 Å². The number of nitriles is 1. The smallest absolute Gasteiger partial charge is 0.138 e. The molecule has 0 atom stereocenters. The van der Waals surface area contributed by atoms with Gasteiger partial charge in [0.1, 0.15) is 5.75 Å². The SMILES string of the molecule is N#CCCNCc1cccc(Cl)c1O. The van der Waals surface area contributed by atoms with Crippen molar-refractivity contribution in [2.24, 2.45) is 0 Å². The maximum absolute atomic E-state index is 9.52. The van der Waals surface area contributed by atoms with Crippen molar-refractivity contribution >= 4 is 11.6 Å². The van der Waals surface area contributed by atoms with Crippen molar-refractivity contribution in [3.63, 3.8) is 0 Å². The number of nitrogens with zero attached hydrogens (tertiary/aromatic N) is 1. The number of rotatable bonds is 4. The zero-order valence-electron chi connectivity index (χ0n) is 7.63. The number of benzene rings is 1. The van der Waals surface area contributed by atoms with Gasteiger partial charge in [-0.2, -0.15) is 5.26 Å². The molecule has 0 fully saturated rings. The predicted octanol–water partition coefficient (Wildman–Crippen LogP) is 2.05. The Labute approximate surface area is 87.9 Å². The summed E-state index contributed by atoms with van der Waals surface area (Å²) < 4.78 is 0. The summed E-state index contributed by atoms with van der Waals surface area (Å²) in [5.74, 6) is 0.110. The minimum Gasteiger partial charge on any atom is -0.506 e. The molecule has 0 bridgehead atoms. The molecule has 0 saturated carbocycles. The Bertz CT molecular complexity index is 346. The molecule has 0 aliphatic rings. The van der Waals surface area contributed by atoms with Gasteiger partial charge in [0, 0.05) is 25.1 Å². The monoisotopic (exact) mass is 210 g/mol. The largest absolute Gasteiger partial charge is 0.506 e. The molecule has 0 heterocycles. The van der Waals surface area contributed by atoms with Gasteiger partial charge in [-0.15, -0.1) is 0 Å². The third-order valence-corrected chi connectivity index (χ3v) is 2.10. The van der Waals surface area contributed by atoms with E-state index in [2.05, 4.69) is 5.32 Å². The van der Waals surface area contributed by atoms with Crippen LogP contribution < -0.4 is 5.32 Å². The minimum atomic E-state index is 0.110. The number of halogens is 1. The Kier molecular flexibility index (Phi) is 4.24. The van der Waals surface area contributed by atoms with Crippen LogP contribution in [0, 0.1) is 11.3 Å². The van der Waals surface area contributed by atoms with E-state index in [1.807, 2.05) is 6.07 Å². The number of nitrogens with one attached hydrogen (secondary N) is 1. The molecule has 2 N–H and O–H groups in total. The molecule has 0 aliphatic carbocycles. The fourth-order valence-electron chi connectivity index (χ4n) is 1.07. The summed E-state index contributed by atoms with van der Waals surface area (Å²) in [6.07, 6.45) is 0.460. The van der Waals surface area contributed by atoms with Gasteiger partial charge >= 0.3 is 0 Å². The Morgan fingerprint density at radius 3 is 3.00 bits per heavy atom. The van der Waals surface area contributed by atoms with E-state index < -0.39 is 0 Å². The van der Waals surface area contributed by atoms with Crippen LogP contribution in [0.25, 0.3) is 0 Å². The van der Waals surface area contributed by atoms with Gasteiger partial charge in [0.25, 0.3) is 0 Å². The summed E-state index contributed by atoms with van der Waals surface area (Å²) in [5.41, 5.74) is 0.746. The zero-order valence-corrected chi connectivity index (χ0v) is 8.38. The predicted molar refractivity (Wildman–Crippen MR) is 55.1 cm³/mol. The molecular weight excluding hydrogens is 200 g/mol. The number of hydrogen-bond acceptors (Lipinski definition) is 3. The number of phenolic OH excluding ortho intramolecular Hbond substituents is 1. The Balaban J connectivity index is 2.51. The molecule has 0 amide bonds. The van der Waals surface area contributed by atoms with Gasteiger partial charge in [0.05, 0.1) is 11.1 Å². The summed E-state index contributed by atoms with van der Waals surface area (Å²) in [4.78, 5) is 0. The van der Waals surface area contributed by atoms with E-state index in [0.717, 1.165) is 5.56 Å². The number of hydrogen-bond donors (Lipinski definition) is 2. The summed E-state index contributed by atoms with van der Waals surface area (Å²) in [7, 11) is 0. The molecule has 4 heteroatoms. The summed E-state index contributed by atoms with van der Waals surface area (Å²) in [6, 6.07) is 7.24. The zero-order chi connectivity index (χ0) is 10.4. The maximum atomic E-state index is 9.52. The van der Waals surface area contributed by atoms with Crippen LogP contribution in [0.1, 0.15) is 12.0 Å². The van der Waals surface area contributed by atoms with Crippen molar-refractivity contribution in [2.75, 3.05) is 6.54 Å². The molecule has 0 radical (unpaired) electrons. The first-order valence-corrected chi connectivity index (χ1v) is 4.67. The Hall–Kier alpha value is -1.24. The van der Waals surface area contributed by atoms with Gasteiger partial charge in [-0.3, -0.25) is 0 Å². The quantitative estimate of drug-likeness (QED) is 0.748. The van der Waals surface area contributed by atoms with E-state index in [-0.39, 0.29) is 5.75 Å². The van der Waals surface area contributed by atoms with Crippen molar-refractivity contribution in [2.45, 2.75) is 13.0 Å². The molecule has 74 valence electrons. The molecule has 0 aromatic heterocycles. The van der Waals surface area contributed by atoms with Crippen LogP contribution in [0.15, 0.2) is 18.2 Å². The lowest BCUT2D eigenvalue weighted by Crippen LogP contribution is -2.14. The molecule has 14 heavy (non-hydrogen) atoms. The number of phenols is 1. The lowest BCUT2D eigenvalue weighted by Gasteiger charge is -2.06. The number of aromatic hydroxyl groups is 1. The highest BCUT2D eigenvalue weighted by Gasteiger charge is 2.03. The van der Waals surface area contributed by atoms with Crippen LogP contribution >= 0.6 is 11.6 Å². The highest BCUT2D eigenvalue weighted by molar-refractivity contribution is 6.32. The van der Waals surface area contributed by atoms with Gasteiger partial charge in [-0.25, -0.2) is 0 Å². The van der Waals surface area contributed by atoms with E-state index in [1.165, 1.54) is 0 Å². The third kappa shape index (κ3) is 2.91. The standard InChI is InChI=1S/C10H11ClN2O/c11-9-4-1-3-8(10(9)14)7-13-6-2-5-12/h1,3-4,13-14H,2,6-7H2. The Morgan fingerprint density at radius 1 is 1.50 bits per heavy atom. The van der Waals surface area contributed by atoms with Crippen molar-refractivity contribution in [1.82, 2.24) is 5.32 Å². The molecular formula is C10H11ClN2O. The van der Waals surface area contributed by atoms with E-state index >= 15 is 0 Å². The van der Waals surface area contributed by atoms with Crippen LogP contribution in [-0.2, 0) is 6.54 Å². The van der Waals surface area contributed by atoms with Crippen LogP contribution in [0.4, 0.5) is 0 Å². The van der Waals surface area contributed by atoms with Crippen LogP contribution in [-0.4, -0.2) is 11.7 Å². The topological polar surface area (TPSA) is 56.0 Å². The molecule has 0 aliphatic heterocycles. The fraction of sp³-hybridized carbons (Fsp3) is 0.300. The highest BCUT2D eigenvalue weighted by Crippen LogP contribution is 2.26. The summed E-state index contributed by atoms with van der Waals surface area (Å²) >= 11 is 5.72.